The van der Waals surface area contributed by atoms with Gasteiger partial charge >= 0.3 is 6.18 Å². The zero-order valence-corrected chi connectivity index (χ0v) is 13.8. The summed E-state index contributed by atoms with van der Waals surface area (Å²) in [6.07, 6.45) is -1.23. The number of aryl methyl sites for hydroxylation is 1. The number of amides is 1. The third kappa shape index (κ3) is 2.87. The number of hydrogen-bond donors (Lipinski definition) is 0. The fourth-order valence-electron chi connectivity index (χ4n) is 4.04. The van der Waals surface area contributed by atoms with Crippen molar-refractivity contribution in [3.8, 4) is 0 Å². The lowest BCUT2D eigenvalue weighted by atomic mass is 9.95. The average molecular weight is 348 g/mol. The second kappa shape index (κ2) is 6.00. The molecule has 1 amide bonds. The van der Waals surface area contributed by atoms with Gasteiger partial charge in [0.05, 0.1) is 17.0 Å². The lowest BCUT2D eigenvalue weighted by Gasteiger charge is -2.34. The van der Waals surface area contributed by atoms with Crippen molar-refractivity contribution in [2.75, 3.05) is 13.1 Å². The molecular formula is C19H19F3N2O. The Labute approximate surface area is 143 Å². The summed E-state index contributed by atoms with van der Waals surface area (Å²) in [6.45, 7) is 0.143. The minimum absolute atomic E-state index is 0.0997. The number of aromatic nitrogens is 1. The van der Waals surface area contributed by atoms with E-state index in [4.69, 9.17) is 0 Å². The second-order valence-electron chi connectivity index (χ2n) is 6.91. The highest BCUT2D eigenvalue weighted by atomic mass is 19.4. The molecule has 0 unspecified atom stereocenters. The van der Waals surface area contributed by atoms with Crippen LogP contribution in [0.25, 0.3) is 10.9 Å². The van der Waals surface area contributed by atoms with E-state index in [9.17, 15) is 18.0 Å². The molecule has 1 aliphatic carbocycles. The van der Waals surface area contributed by atoms with E-state index in [-0.39, 0.29) is 18.9 Å². The Kier molecular flexibility index (Phi) is 3.93. The van der Waals surface area contributed by atoms with Gasteiger partial charge in [-0.1, -0.05) is 18.2 Å². The van der Waals surface area contributed by atoms with Crippen LogP contribution in [0.5, 0.6) is 0 Å². The minimum Gasteiger partial charge on any atom is -0.338 e. The van der Waals surface area contributed by atoms with Crippen LogP contribution in [0.3, 0.4) is 0 Å². The summed E-state index contributed by atoms with van der Waals surface area (Å²) in [6, 6.07) is 7.42. The molecule has 3 nitrogen and oxygen atoms in total. The molecule has 1 aliphatic heterocycles. The van der Waals surface area contributed by atoms with E-state index >= 15 is 0 Å². The largest absolute Gasteiger partial charge is 0.393 e. The quantitative estimate of drug-likeness (QED) is 0.776. The number of hydrogen-bond acceptors (Lipinski definition) is 2. The van der Waals surface area contributed by atoms with Crippen molar-refractivity contribution >= 4 is 16.8 Å². The minimum atomic E-state index is -4.25. The molecule has 0 N–H and O–H groups in total. The Morgan fingerprint density at radius 3 is 2.76 bits per heavy atom. The molecule has 1 aromatic heterocycles. The molecule has 25 heavy (non-hydrogen) atoms. The molecule has 0 saturated carbocycles. The number of para-hydroxylation sites is 1. The molecule has 4 rings (SSSR count). The molecule has 2 heterocycles. The van der Waals surface area contributed by atoms with Gasteiger partial charge in [0.2, 0.25) is 0 Å². The molecule has 132 valence electrons. The first-order valence-corrected chi connectivity index (χ1v) is 8.71. The van der Waals surface area contributed by atoms with Crippen LogP contribution in [-0.4, -0.2) is 35.1 Å². The van der Waals surface area contributed by atoms with Crippen LogP contribution in [0.4, 0.5) is 13.2 Å². The normalized spacial score (nSPS) is 20.8. The van der Waals surface area contributed by atoms with Crippen molar-refractivity contribution < 1.29 is 18.0 Å². The molecule has 2 aromatic rings. The van der Waals surface area contributed by atoms with Crippen molar-refractivity contribution in [2.24, 2.45) is 5.92 Å². The van der Waals surface area contributed by atoms with Gasteiger partial charge in [-0.25, -0.2) is 0 Å². The Balaban J connectivity index is 1.75. The van der Waals surface area contributed by atoms with Crippen molar-refractivity contribution in [3.05, 3.63) is 41.1 Å². The van der Waals surface area contributed by atoms with E-state index in [1.54, 1.807) is 0 Å². The van der Waals surface area contributed by atoms with Crippen LogP contribution < -0.4 is 0 Å². The van der Waals surface area contributed by atoms with E-state index in [1.807, 2.05) is 24.3 Å². The van der Waals surface area contributed by atoms with E-state index in [0.717, 1.165) is 41.4 Å². The third-order valence-electron chi connectivity index (χ3n) is 5.30. The molecule has 1 saturated heterocycles. The van der Waals surface area contributed by atoms with Gasteiger partial charge in [-0.15, -0.1) is 0 Å². The molecule has 0 radical (unpaired) electrons. The van der Waals surface area contributed by atoms with Gasteiger partial charge in [-0.2, -0.15) is 13.2 Å². The summed E-state index contributed by atoms with van der Waals surface area (Å²) in [5.41, 5.74) is 3.17. The zero-order chi connectivity index (χ0) is 17.6. The van der Waals surface area contributed by atoms with Crippen LogP contribution in [0.15, 0.2) is 24.3 Å². The standard InChI is InChI=1S/C19H19F3N2O/c20-19(21,22)12-5-4-10-24(11-12)18(25)17-13-6-1-2-8-15(13)23-16-9-3-7-14(16)17/h1-2,6,8,12H,3-5,7,9-11H2/t12-/m1/s1. The second-order valence-corrected chi connectivity index (χ2v) is 6.91. The number of fused-ring (bicyclic) bond motifs is 2. The third-order valence-corrected chi connectivity index (χ3v) is 5.30. The Bertz CT molecular complexity index is 831. The van der Waals surface area contributed by atoms with Gasteiger partial charge in [-0.3, -0.25) is 9.78 Å². The number of nitrogens with zero attached hydrogens (tertiary/aromatic N) is 2. The van der Waals surface area contributed by atoms with Gasteiger partial charge in [0.25, 0.3) is 5.91 Å². The number of piperidine rings is 1. The Morgan fingerprint density at radius 2 is 1.96 bits per heavy atom. The van der Waals surface area contributed by atoms with Gasteiger partial charge in [0, 0.05) is 24.2 Å². The van der Waals surface area contributed by atoms with E-state index in [1.165, 1.54) is 4.90 Å². The Hall–Kier alpha value is -2.11. The predicted molar refractivity (Wildman–Crippen MR) is 88.5 cm³/mol. The molecule has 2 aliphatic rings. The first-order valence-electron chi connectivity index (χ1n) is 8.71. The topological polar surface area (TPSA) is 33.2 Å². The highest BCUT2D eigenvalue weighted by molar-refractivity contribution is 6.07. The predicted octanol–water partition coefficient (Wildman–Crippen LogP) is 4.14. The summed E-state index contributed by atoms with van der Waals surface area (Å²) < 4.78 is 39.3. The van der Waals surface area contributed by atoms with Gasteiger partial charge in [0.15, 0.2) is 0 Å². The van der Waals surface area contributed by atoms with Gasteiger partial charge in [0.1, 0.15) is 0 Å². The molecular weight excluding hydrogens is 329 g/mol. The summed E-state index contributed by atoms with van der Waals surface area (Å²) in [5.74, 6) is -1.70. The van der Waals surface area contributed by atoms with Crippen molar-refractivity contribution in [2.45, 2.75) is 38.3 Å². The highest BCUT2D eigenvalue weighted by Crippen LogP contribution is 2.35. The van der Waals surface area contributed by atoms with Crippen LogP contribution in [0.2, 0.25) is 0 Å². The maximum atomic E-state index is 13.2. The van der Waals surface area contributed by atoms with Crippen LogP contribution >= 0.6 is 0 Å². The highest BCUT2D eigenvalue weighted by Gasteiger charge is 2.43. The van der Waals surface area contributed by atoms with Crippen LogP contribution in [-0.2, 0) is 12.8 Å². The SMILES string of the molecule is O=C(c1c2c(nc3ccccc13)CCC2)N1CCC[C@@H](C(F)(F)F)C1. The van der Waals surface area contributed by atoms with E-state index in [2.05, 4.69) is 4.98 Å². The van der Waals surface area contributed by atoms with Gasteiger partial charge < -0.3 is 4.90 Å². The first-order chi connectivity index (χ1) is 11.9. The monoisotopic (exact) mass is 348 g/mol. The lowest BCUT2D eigenvalue weighted by Crippen LogP contribution is -2.44. The smallest absolute Gasteiger partial charge is 0.338 e. The molecule has 1 atom stereocenters. The number of likely N-dealkylation sites (tertiary alicyclic amines) is 1. The number of carbonyl (C=O) groups excluding carboxylic acids is 1. The summed E-state index contributed by atoms with van der Waals surface area (Å²) >= 11 is 0. The van der Waals surface area contributed by atoms with E-state index in [0.29, 0.717) is 18.5 Å². The average Bonchev–Trinajstić information content (AvgIpc) is 3.06. The summed E-state index contributed by atoms with van der Waals surface area (Å²) in [5, 5.41) is 0.752. The fraction of sp³-hybridized carbons (Fsp3) is 0.474. The van der Waals surface area contributed by atoms with Crippen LogP contribution in [0, 0.1) is 5.92 Å². The first kappa shape index (κ1) is 16.4. The Morgan fingerprint density at radius 1 is 1.16 bits per heavy atom. The number of halogens is 3. The maximum Gasteiger partial charge on any atom is 0.393 e. The number of rotatable bonds is 1. The lowest BCUT2D eigenvalue weighted by molar-refractivity contribution is -0.184. The number of alkyl halides is 3. The molecule has 0 spiro atoms. The maximum absolute atomic E-state index is 13.2. The fourth-order valence-corrected chi connectivity index (χ4v) is 4.04. The van der Waals surface area contributed by atoms with Crippen molar-refractivity contribution in [1.29, 1.82) is 0 Å². The van der Waals surface area contributed by atoms with E-state index < -0.39 is 12.1 Å². The van der Waals surface area contributed by atoms with Crippen LogP contribution in [0.1, 0.15) is 40.9 Å². The molecule has 1 fully saturated rings. The summed E-state index contributed by atoms with van der Waals surface area (Å²) in [4.78, 5) is 19.2. The number of carbonyl (C=O) groups is 1. The zero-order valence-electron chi connectivity index (χ0n) is 13.8. The molecule has 6 heteroatoms. The summed E-state index contributed by atoms with van der Waals surface area (Å²) in [7, 11) is 0. The molecule has 1 aromatic carbocycles. The van der Waals surface area contributed by atoms with Gasteiger partial charge in [-0.05, 0) is 43.7 Å². The number of benzene rings is 1. The van der Waals surface area contributed by atoms with Crippen molar-refractivity contribution in [3.63, 3.8) is 0 Å². The van der Waals surface area contributed by atoms with Crippen molar-refractivity contribution in [1.82, 2.24) is 9.88 Å². The molecule has 0 bridgehead atoms. The number of pyridine rings is 1.